The highest BCUT2D eigenvalue weighted by Crippen LogP contribution is 2.29. The number of rotatable bonds is 5. The van der Waals surface area contributed by atoms with E-state index in [-0.39, 0.29) is 17.5 Å². The Morgan fingerprint density at radius 2 is 1.85 bits per heavy atom. The Morgan fingerprint density at radius 1 is 1.19 bits per heavy atom. The van der Waals surface area contributed by atoms with E-state index in [4.69, 9.17) is 4.74 Å². The van der Waals surface area contributed by atoms with Crippen LogP contribution in [0.5, 0.6) is 0 Å². The van der Waals surface area contributed by atoms with Gasteiger partial charge in [-0.15, -0.1) is 11.3 Å². The van der Waals surface area contributed by atoms with Gasteiger partial charge in [-0.3, -0.25) is 9.69 Å². The number of hydrogen-bond donors (Lipinski definition) is 0. The fourth-order valence-corrected chi connectivity index (χ4v) is 3.97. The highest BCUT2D eigenvalue weighted by molar-refractivity contribution is 7.13. The predicted octanol–water partition coefficient (Wildman–Crippen LogP) is 4.33. The summed E-state index contributed by atoms with van der Waals surface area (Å²) in [4.78, 5) is 31.1. The van der Waals surface area contributed by atoms with Gasteiger partial charge in [0.05, 0.1) is 5.56 Å². The van der Waals surface area contributed by atoms with Gasteiger partial charge in [0.1, 0.15) is 11.6 Å². The third-order valence-corrected chi connectivity index (χ3v) is 5.30. The quantitative estimate of drug-likeness (QED) is 0.708. The smallest absolute Gasteiger partial charge is 0.339 e. The van der Waals surface area contributed by atoms with Crippen molar-refractivity contribution in [3.8, 4) is 0 Å². The van der Waals surface area contributed by atoms with E-state index in [0.717, 1.165) is 44.2 Å². The highest BCUT2D eigenvalue weighted by atomic mass is 32.1. The first kappa shape index (κ1) is 19.4. The lowest BCUT2D eigenvalue weighted by atomic mass is 9.94. The summed E-state index contributed by atoms with van der Waals surface area (Å²) in [5, 5.41) is 2.34. The van der Waals surface area contributed by atoms with Gasteiger partial charge >= 0.3 is 5.97 Å². The summed E-state index contributed by atoms with van der Waals surface area (Å²) in [6.45, 7) is 1.46. The molecule has 1 heterocycles. The zero-order valence-electron chi connectivity index (χ0n) is 14.9. The maximum atomic E-state index is 13.3. The molecule has 0 bridgehead atoms. The van der Waals surface area contributed by atoms with E-state index >= 15 is 0 Å². The van der Waals surface area contributed by atoms with Crippen LogP contribution in [0.1, 0.15) is 49.4 Å². The lowest BCUT2D eigenvalue weighted by Gasteiger charge is -2.33. The minimum Gasteiger partial charge on any atom is -0.449 e. The second kappa shape index (κ2) is 8.56. The largest absolute Gasteiger partial charge is 0.449 e. The SMILES string of the molecule is CC(OC(=O)c1cc(F)cc(F)c1)C(=O)N(c1nccs1)C1CCCCC1. The van der Waals surface area contributed by atoms with Gasteiger partial charge in [0.2, 0.25) is 0 Å². The normalized spacial score (nSPS) is 16.0. The molecule has 1 saturated carbocycles. The second-order valence-corrected chi connectivity index (χ2v) is 7.39. The molecule has 0 aliphatic heterocycles. The molecule has 144 valence electrons. The number of halogens is 2. The second-order valence-electron chi connectivity index (χ2n) is 6.52. The number of ether oxygens (including phenoxy) is 1. The summed E-state index contributed by atoms with van der Waals surface area (Å²) in [5.74, 6) is -3.10. The number of nitrogens with zero attached hydrogens (tertiary/aromatic N) is 2. The number of benzene rings is 1. The monoisotopic (exact) mass is 394 g/mol. The summed E-state index contributed by atoms with van der Waals surface area (Å²) in [7, 11) is 0. The summed E-state index contributed by atoms with van der Waals surface area (Å²) < 4.78 is 31.8. The molecule has 1 aliphatic carbocycles. The van der Waals surface area contributed by atoms with E-state index in [2.05, 4.69) is 4.98 Å². The van der Waals surface area contributed by atoms with Gasteiger partial charge in [-0.1, -0.05) is 19.3 Å². The predicted molar refractivity (Wildman–Crippen MR) is 97.7 cm³/mol. The zero-order valence-corrected chi connectivity index (χ0v) is 15.7. The van der Waals surface area contributed by atoms with Crippen molar-refractivity contribution in [1.29, 1.82) is 0 Å². The van der Waals surface area contributed by atoms with Crippen molar-refractivity contribution in [1.82, 2.24) is 4.98 Å². The van der Waals surface area contributed by atoms with Gasteiger partial charge in [0, 0.05) is 23.7 Å². The summed E-state index contributed by atoms with van der Waals surface area (Å²) in [5.41, 5.74) is -0.273. The van der Waals surface area contributed by atoms with Crippen molar-refractivity contribution in [2.45, 2.75) is 51.2 Å². The van der Waals surface area contributed by atoms with Crippen molar-refractivity contribution in [3.05, 3.63) is 47.0 Å². The van der Waals surface area contributed by atoms with Crippen LogP contribution in [-0.2, 0) is 9.53 Å². The van der Waals surface area contributed by atoms with Crippen LogP contribution >= 0.6 is 11.3 Å². The van der Waals surface area contributed by atoms with E-state index in [9.17, 15) is 18.4 Å². The molecule has 3 rings (SSSR count). The first-order chi connectivity index (χ1) is 13.0. The number of hydrogen-bond acceptors (Lipinski definition) is 5. The van der Waals surface area contributed by atoms with E-state index in [1.165, 1.54) is 18.3 Å². The fourth-order valence-electron chi connectivity index (χ4n) is 3.25. The van der Waals surface area contributed by atoms with Gasteiger partial charge in [-0.25, -0.2) is 18.6 Å². The van der Waals surface area contributed by atoms with Crippen molar-refractivity contribution in [2.24, 2.45) is 0 Å². The molecular weight excluding hydrogens is 374 g/mol. The minimum atomic E-state index is -1.10. The van der Waals surface area contributed by atoms with Gasteiger partial charge in [-0.05, 0) is 31.9 Å². The number of anilines is 1. The van der Waals surface area contributed by atoms with Crippen LogP contribution in [0.3, 0.4) is 0 Å². The third-order valence-electron chi connectivity index (χ3n) is 4.53. The van der Waals surface area contributed by atoms with Crippen LogP contribution < -0.4 is 4.90 Å². The Morgan fingerprint density at radius 3 is 2.44 bits per heavy atom. The average molecular weight is 394 g/mol. The van der Waals surface area contributed by atoms with Crippen molar-refractivity contribution < 1.29 is 23.1 Å². The van der Waals surface area contributed by atoms with Crippen LogP contribution in [0.15, 0.2) is 29.8 Å². The van der Waals surface area contributed by atoms with Crippen LogP contribution in [-0.4, -0.2) is 29.0 Å². The van der Waals surface area contributed by atoms with Gasteiger partial charge in [-0.2, -0.15) is 0 Å². The minimum absolute atomic E-state index is 0.00478. The summed E-state index contributed by atoms with van der Waals surface area (Å²) >= 11 is 1.34. The number of amides is 1. The zero-order chi connectivity index (χ0) is 19.4. The van der Waals surface area contributed by atoms with Crippen molar-refractivity contribution >= 4 is 28.3 Å². The Hall–Kier alpha value is -2.35. The topological polar surface area (TPSA) is 59.5 Å². The molecule has 1 unspecified atom stereocenters. The molecule has 1 atom stereocenters. The third kappa shape index (κ3) is 4.68. The maximum Gasteiger partial charge on any atom is 0.339 e. The Balaban J connectivity index is 1.75. The highest BCUT2D eigenvalue weighted by Gasteiger charge is 2.33. The molecule has 1 amide bonds. The molecule has 1 aliphatic rings. The van der Waals surface area contributed by atoms with Crippen LogP contribution in [0.25, 0.3) is 0 Å². The fraction of sp³-hybridized carbons (Fsp3) is 0.421. The number of thiazole rings is 1. The van der Waals surface area contributed by atoms with Gasteiger partial charge in [0.15, 0.2) is 11.2 Å². The van der Waals surface area contributed by atoms with Crippen molar-refractivity contribution in [2.75, 3.05) is 4.90 Å². The van der Waals surface area contributed by atoms with Gasteiger partial charge in [0.25, 0.3) is 5.91 Å². The maximum absolute atomic E-state index is 13.3. The summed E-state index contributed by atoms with van der Waals surface area (Å²) in [6, 6.07) is 2.42. The van der Waals surface area contributed by atoms with Crippen LogP contribution in [0.2, 0.25) is 0 Å². The lowest BCUT2D eigenvalue weighted by Crippen LogP contribution is -2.47. The Labute approximate surface area is 160 Å². The van der Waals surface area contributed by atoms with E-state index in [1.807, 2.05) is 0 Å². The standard InChI is InChI=1S/C19H20F2N2O3S/c1-12(26-18(25)13-9-14(20)11-15(21)10-13)17(24)23(19-22-7-8-27-19)16-5-3-2-4-6-16/h7-12,16H,2-6H2,1H3. The van der Waals surface area contributed by atoms with E-state index < -0.39 is 23.7 Å². The number of carbonyl (C=O) groups is 2. The van der Waals surface area contributed by atoms with E-state index in [1.54, 1.807) is 16.5 Å². The first-order valence-corrected chi connectivity index (χ1v) is 9.73. The molecule has 2 aromatic rings. The first-order valence-electron chi connectivity index (χ1n) is 8.85. The Bertz CT molecular complexity index is 787. The molecule has 27 heavy (non-hydrogen) atoms. The van der Waals surface area contributed by atoms with E-state index in [0.29, 0.717) is 11.2 Å². The van der Waals surface area contributed by atoms with Crippen LogP contribution in [0, 0.1) is 11.6 Å². The molecule has 0 radical (unpaired) electrons. The summed E-state index contributed by atoms with van der Waals surface area (Å²) in [6.07, 6.45) is 5.42. The van der Waals surface area contributed by atoms with Crippen molar-refractivity contribution in [3.63, 3.8) is 0 Å². The molecule has 1 fully saturated rings. The van der Waals surface area contributed by atoms with Crippen LogP contribution in [0.4, 0.5) is 13.9 Å². The molecule has 0 spiro atoms. The number of aromatic nitrogens is 1. The van der Waals surface area contributed by atoms with Gasteiger partial charge < -0.3 is 4.74 Å². The average Bonchev–Trinajstić information content (AvgIpc) is 3.16. The molecule has 1 aromatic heterocycles. The Kier molecular flexibility index (Phi) is 6.15. The number of carbonyl (C=O) groups excluding carboxylic acids is 2. The lowest BCUT2D eigenvalue weighted by molar-refractivity contribution is -0.127. The molecule has 8 heteroatoms. The molecule has 0 N–H and O–H groups in total. The molecule has 5 nitrogen and oxygen atoms in total. The molecule has 1 aromatic carbocycles. The molecular formula is C19H20F2N2O3S. The number of esters is 1. The molecule has 0 saturated heterocycles.